The first kappa shape index (κ1) is 14.0. The number of rotatable bonds is 4. The van der Waals surface area contributed by atoms with Crippen LogP contribution >= 0.6 is 11.3 Å². The highest BCUT2D eigenvalue weighted by Crippen LogP contribution is 2.38. The van der Waals surface area contributed by atoms with Gasteiger partial charge in [0.15, 0.2) is 0 Å². The molecule has 0 aliphatic carbocycles. The van der Waals surface area contributed by atoms with Crippen molar-refractivity contribution in [3.05, 3.63) is 21.9 Å². The van der Waals surface area contributed by atoms with E-state index in [2.05, 4.69) is 37.8 Å². The maximum Gasteiger partial charge on any atom is 0.106 e. The molecule has 0 radical (unpaired) electrons. The maximum absolute atomic E-state index is 10.8. The van der Waals surface area contributed by atoms with Gasteiger partial charge in [-0.2, -0.15) is 0 Å². The van der Waals surface area contributed by atoms with Crippen LogP contribution in [0.4, 0.5) is 0 Å². The number of hydrogen-bond acceptors (Lipinski definition) is 3. The predicted molar refractivity (Wildman–Crippen MR) is 78.1 cm³/mol. The van der Waals surface area contributed by atoms with Crippen molar-refractivity contribution in [2.24, 2.45) is 0 Å². The van der Waals surface area contributed by atoms with Crippen molar-refractivity contribution in [2.45, 2.75) is 58.1 Å². The molecule has 0 bridgehead atoms. The van der Waals surface area contributed by atoms with Crippen molar-refractivity contribution in [1.29, 1.82) is 0 Å². The minimum Gasteiger partial charge on any atom is -0.386 e. The van der Waals surface area contributed by atoms with Crippen LogP contribution in [0.3, 0.4) is 0 Å². The third-order valence-electron chi connectivity index (χ3n) is 4.41. The summed E-state index contributed by atoms with van der Waals surface area (Å²) in [5.41, 5.74) is -0.113. The van der Waals surface area contributed by atoms with E-state index in [1.54, 1.807) is 11.3 Å². The van der Waals surface area contributed by atoms with E-state index in [1.807, 2.05) is 0 Å². The summed E-state index contributed by atoms with van der Waals surface area (Å²) in [5, 5.41) is 10.8. The molecule has 2 rings (SSSR count). The number of aryl methyl sites for hydroxylation is 1. The highest BCUT2D eigenvalue weighted by atomic mass is 32.1. The summed E-state index contributed by atoms with van der Waals surface area (Å²) in [6.07, 6.45) is 4.51. The monoisotopic (exact) mass is 267 g/mol. The normalized spacial score (nSPS) is 22.7. The summed E-state index contributed by atoms with van der Waals surface area (Å²) in [6.45, 7) is 8.78. The van der Waals surface area contributed by atoms with Crippen LogP contribution in [0.2, 0.25) is 0 Å². The van der Waals surface area contributed by atoms with Crippen LogP contribution < -0.4 is 0 Å². The zero-order chi connectivity index (χ0) is 13.2. The first-order valence-electron chi connectivity index (χ1n) is 7.07. The van der Waals surface area contributed by atoms with E-state index in [0.717, 1.165) is 24.4 Å². The van der Waals surface area contributed by atoms with Gasteiger partial charge in [-0.25, -0.2) is 0 Å². The molecule has 2 atom stereocenters. The average Bonchev–Trinajstić information content (AvgIpc) is 2.84. The fraction of sp³-hybridized carbons (Fsp3) is 0.733. The Hall–Kier alpha value is -0.380. The molecular weight excluding hydrogens is 242 g/mol. The van der Waals surface area contributed by atoms with Gasteiger partial charge in [-0.3, -0.25) is 4.90 Å². The van der Waals surface area contributed by atoms with Gasteiger partial charge in [0.05, 0.1) is 0 Å². The molecule has 0 amide bonds. The topological polar surface area (TPSA) is 23.5 Å². The van der Waals surface area contributed by atoms with Gasteiger partial charge in [0.2, 0.25) is 0 Å². The molecule has 1 aliphatic rings. The molecule has 1 aliphatic heterocycles. The van der Waals surface area contributed by atoms with Gasteiger partial charge < -0.3 is 5.11 Å². The highest BCUT2D eigenvalue weighted by Gasteiger charge is 2.39. The van der Waals surface area contributed by atoms with Gasteiger partial charge in [0, 0.05) is 15.3 Å². The quantitative estimate of drug-likeness (QED) is 0.898. The summed E-state index contributed by atoms with van der Waals surface area (Å²) < 4.78 is 0. The second-order valence-electron chi connectivity index (χ2n) is 5.61. The Labute approximate surface area is 115 Å². The summed E-state index contributed by atoms with van der Waals surface area (Å²) in [4.78, 5) is 4.89. The third-order valence-corrected chi connectivity index (χ3v) is 5.47. The number of hydrogen-bond donors (Lipinski definition) is 1. The third kappa shape index (κ3) is 2.63. The summed E-state index contributed by atoms with van der Waals surface area (Å²) >= 11 is 1.73. The molecule has 1 saturated heterocycles. The Bertz CT molecular complexity index is 384. The Balaban J connectivity index is 2.19. The lowest BCUT2D eigenvalue weighted by Crippen LogP contribution is -2.52. The standard InChI is InChI=1S/C15H25NOS/c1-4-15(3,16-10-6-5-7-11-16)14(17)13-9-8-12(2)18-13/h8-9,14,17H,4-7,10-11H2,1-3H3. The lowest BCUT2D eigenvalue weighted by atomic mass is 9.86. The van der Waals surface area contributed by atoms with Gasteiger partial charge in [-0.15, -0.1) is 11.3 Å². The van der Waals surface area contributed by atoms with Crippen molar-refractivity contribution in [2.75, 3.05) is 13.1 Å². The molecule has 102 valence electrons. The van der Waals surface area contributed by atoms with Crippen LogP contribution in [0.1, 0.15) is 55.4 Å². The Morgan fingerprint density at radius 1 is 1.33 bits per heavy atom. The fourth-order valence-corrected chi connectivity index (χ4v) is 3.91. The Morgan fingerprint density at radius 2 is 2.00 bits per heavy atom. The first-order chi connectivity index (χ1) is 8.58. The van der Waals surface area contributed by atoms with Gasteiger partial charge in [0.1, 0.15) is 6.10 Å². The zero-order valence-electron chi connectivity index (χ0n) is 11.8. The minimum absolute atomic E-state index is 0.113. The lowest BCUT2D eigenvalue weighted by molar-refractivity contribution is -0.0335. The van der Waals surface area contributed by atoms with Crippen LogP contribution in [0.15, 0.2) is 12.1 Å². The molecule has 1 aromatic rings. The minimum atomic E-state index is -0.362. The molecule has 1 aromatic heterocycles. The number of likely N-dealkylation sites (tertiary alicyclic amines) is 1. The van der Waals surface area contributed by atoms with E-state index in [0.29, 0.717) is 0 Å². The predicted octanol–water partition coefficient (Wildman–Crippen LogP) is 3.74. The van der Waals surface area contributed by atoms with Crippen molar-refractivity contribution in [3.8, 4) is 0 Å². The SMILES string of the molecule is CCC(C)(C(O)c1ccc(C)s1)N1CCCCC1. The molecule has 0 aromatic carbocycles. The number of piperidine rings is 1. The zero-order valence-corrected chi connectivity index (χ0v) is 12.6. The lowest BCUT2D eigenvalue weighted by Gasteiger charge is -2.45. The molecule has 1 fully saturated rings. The Kier molecular flexibility index (Phi) is 4.46. The van der Waals surface area contributed by atoms with Crippen molar-refractivity contribution in [3.63, 3.8) is 0 Å². The van der Waals surface area contributed by atoms with Crippen LogP contribution in [0.5, 0.6) is 0 Å². The van der Waals surface area contributed by atoms with E-state index in [9.17, 15) is 5.11 Å². The van der Waals surface area contributed by atoms with Crippen LogP contribution in [0.25, 0.3) is 0 Å². The van der Waals surface area contributed by atoms with Gasteiger partial charge in [-0.1, -0.05) is 13.3 Å². The highest BCUT2D eigenvalue weighted by molar-refractivity contribution is 7.12. The second-order valence-corrected chi connectivity index (χ2v) is 6.93. The van der Waals surface area contributed by atoms with E-state index in [-0.39, 0.29) is 11.6 Å². The number of thiophene rings is 1. The molecule has 0 spiro atoms. The van der Waals surface area contributed by atoms with Gasteiger partial charge in [0.25, 0.3) is 0 Å². The fourth-order valence-electron chi connectivity index (χ4n) is 2.90. The van der Waals surface area contributed by atoms with E-state index in [1.165, 1.54) is 24.1 Å². The van der Waals surface area contributed by atoms with Crippen LogP contribution in [0, 0.1) is 6.92 Å². The van der Waals surface area contributed by atoms with Gasteiger partial charge in [-0.05, 0) is 58.3 Å². The largest absolute Gasteiger partial charge is 0.386 e. The molecule has 1 N–H and O–H groups in total. The molecular formula is C15H25NOS. The van der Waals surface area contributed by atoms with E-state index in [4.69, 9.17) is 0 Å². The second kappa shape index (κ2) is 5.72. The van der Waals surface area contributed by atoms with Crippen molar-refractivity contribution in [1.82, 2.24) is 4.90 Å². The average molecular weight is 267 g/mol. The number of nitrogens with zero attached hydrogens (tertiary/aromatic N) is 1. The molecule has 2 unspecified atom stereocenters. The summed E-state index contributed by atoms with van der Waals surface area (Å²) in [5.74, 6) is 0. The van der Waals surface area contributed by atoms with Crippen molar-refractivity contribution >= 4 is 11.3 Å². The van der Waals surface area contributed by atoms with Gasteiger partial charge >= 0.3 is 0 Å². The maximum atomic E-state index is 10.8. The molecule has 18 heavy (non-hydrogen) atoms. The van der Waals surface area contributed by atoms with Crippen LogP contribution in [-0.4, -0.2) is 28.6 Å². The number of aliphatic hydroxyl groups excluding tert-OH is 1. The smallest absolute Gasteiger partial charge is 0.106 e. The summed E-state index contributed by atoms with van der Waals surface area (Å²) in [7, 11) is 0. The molecule has 3 heteroatoms. The molecule has 0 saturated carbocycles. The first-order valence-corrected chi connectivity index (χ1v) is 7.89. The Morgan fingerprint density at radius 3 is 2.50 bits per heavy atom. The van der Waals surface area contributed by atoms with E-state index >= 15 is 0 Å². The molecule has 2 heterocycles. The van der Waals surface area contributed by atoms with E-state index < -0.39 is 0 Å². The van der Waals surface area contributed by atoms with Crippen LogP contribution in [-0.2, 0) is 0 Å². The summed E-state index contributed by atoms with van der Waals surface area (Å²) in [6, 6.07) is 4.19. The van der Waals surface area contributed by atoms with Crippen molar-refractivity contribution < 1.29 is 5.11 Å². The number of aliphatic hydroxyl groups is 1. The molecule has 2 nitrogen and oxygen atoms in total.